The summed E-state index contributed by atoms with van der Waals surface area (Å²) in [5.74, 6) is 1.46. The Morgan fingerprint density at radius 3 is 2.54 bits per heavy atom. The Morgan fingerprint density at radius 1 is 0.976 bits per heavy atom. The molecule has 0 spiro atoms. The first-order valence-corrected chi connectivity index (χ1v) is 14.4. The Kier molecular flexibility index (Phi) is 7.84. The number of likely N-dealkylation sites (tertiary alicyclic amines) is 1. The van der Waals surface area contributed by atoms with Gasteiger partial charge in [-0.25, -0.2) is 9.97 Å². The third kappa shape index (κ3) is 5.89. The molecule has 0 amide bonds. The van der Waals surface area contributed by atoms with Gasteiger partial charge in [0.2, 0.25) is 5.95 Å². The van der Waals surface area contributed by atoms with Gasteiger partial charge < -0.3 is 24.8 Å². The van der Waals surface area contributed by atoms with Crippen LogP contribution in [0.15, 0.2) is 59.5 Å². The second kappa shape index (κ2) is 11.8. The smallest absolute Gasteiger partial charge is 0.278 e. The first kappa shape index (κ1) is 27.2. The van der Waals surface area contributed by atoms with E-state index in [9.17, 15) is 4.79 Å². The summed E-state index contributed by atoms with van der Waals surface area (Å²) in [5, 5.41) is 3.33. The molecule has 1 unspecified atom stereocenters. The molecule has 2 aromatic carbocycles. The molecule has 2 saturated heterocycles. The minimum Gasteiger partial charge on any atom is -0.494 e. The van der Waals surface area contributed by atoms with Gasteiger partial charge in [-0.2, -0.15) is 4.98 Å². The second-order valence-electron chi connectivity index (χ2n) is 11.2. The highest BCUT2D eigenvalue weighted by Gasteiger charge is 2.22. The van der Waals surface area contributed by atoms with E-state index in [1.54, 1.807) is 17.9 Å². The fraction of sp³-hybridized carbons (Fsp3) is 0.419. The number of rotatable bonds is 7. The fourth-order valence-electron chi connectivity index (χ4n) is 5.90. The number of benzene rings is 2. The van der Waals surface area contributed by atoms with Gasteiger partial charge in [-0.1, -0.05) is 30.3 Å². The average molecular weight is 555 g/mol. The largest absolute Gasteiger partial charge is 0.494 e. The maximum atomic E-state index is 13.9. The number of methoxy groups -OCH3 is 1. The summed E-state index contributed by atoms with van der Waals surface area (Å²) in [4.78, 5) is 35.1. The molecular formula is C31H38N8O2. The zero-order valence-electron chi connectivity index (χ0n) is 24.1. The number of nitrogens with zero attached hydrogens (tertiary/aromatic N) is 7. The van der Waals surface area contributed by atoms with Crippen LogP contribution in [0.5, 0.6) is 5.75 Å². The fourth-order valence-corrected chi connectivity index (χ4v) is 5.90. The van der Waals surface area contributed by atoms with Crippen LogP contribution < -0.4 is 20.5 Å². The van der Waals surface area contributed by atoms with Crippen LogP contribution in [0.3, 0.4) is 0 Å². The molecule has 0 radical (unpaired) electrons. The van der Waals surface area contributed by atoms with Gasteiger partial charge in [-0.3, -0.25) is 9.36 Å². The lowest BCUT2D eigenvalue weighted by atomic mass is 9.98. The summed E-state index contributed by atoms with van der Waals surface area (Å²) in [6.07, 6.45) is 3.90. The van der Waals surface area contributed by atoms with Crippen LogP contribution >= 0.6 is 0 Å². The number of anilines is 3. The summed E-state index contributed by atoms with van der Waals surface area (Å²) in [6, 6.07) is 15.8. The summed E-state index contributed by atoms with van der Waals surface area (Å²) in [6.45, 7) is 6.64. The topological polar surface area (TPSA) is 91.7 Å². The first-order valence-electron chi connectivity index (χ1n) is 14.4. The molecular weight excluding hydrogens is 516 g/mol. The molecule has 4 heterocycles. The van der Waals surface area contributed by atoms with E-state index in [1.165, 1.54) is 0 Å². The predicted molar refractivity (Wildman–Crippen MR) is 163 cm³/mol. The zero-order chi connectivity index (χ0) is 28.3. The quantitative estimate of drug-likeness (QED) is 0.367. The van der Waals surface area contributed by atoms with Crippen LogP contribution in [0, 0.1) is 5.92 Å². The molecule has 41 heavy (non-hydrogen) atoms. The number of hydrogen-bond donors (Lipinski definition) is 1. The monoisotopic (exact) mass is 554 g/mol. The Balaban J connectivity index is 1.35. The van der Waals surface area contributed by atoms with Crippen LogP contribution in [-0.4, -0.2) is 89.8 Å². The maximum absolute atomic E-state index is 13.9. The molecule has 2 fully saturated rings. The maximum Gasteiger partial charge on any atom is 0.278 e. The van der Waals surface area contributed by atoms with Crippen molar-refractivity contribution in [2.45, 2.75) is 19.4 Å². The van der Waals surface area contributed by atoms with Crippen molar-refractivity contribution >= 4 is 28.5 Å². The van der Waals surface area contributed by atoms with Gasteiger partial charge >= 0.3 is 0 Å². The lowest BCUT2D eigenvalue weighted by Gasteiger charge is -2.34. The highest BCUT2D eigenvalue weighted by molar-refractivity contribution is 5.76. The van der Waals surface area contributed by atoms with Gasteiger partial charge in [0, 0.05) is 56.6 Å². The molecule has 2 aliphatic heterocycles. The van der Waals surface area contributed by atoms with Crippen LogP contribution in [0.4, 0.5) is 17.3 Å². The number of fused-ring (bicyclic) bond motifs is 1. The molecule has 4 aromatic rings. The van der Waals surface area contributed by atoms with Crippen molar-refractivity contribution in [1.82, 2.24) is 29.3 Å². The zero-order valence-corrected chi connectivity index (χ0v) is 24.1. The molecule has 6 rings (SSSR count). The normalized spacial score (nSPS) is 18.5. The standard InChI is InChI=1S/C31H38N8O2/c1-36-14-16-38(17-15-36)24-11-12-25(27(18-24)41-3)34-31-32-19-26-29(35-31)39(21-22-8-7-13-37(2)20-22)30(40)28(33-26)23-9-5-4-6-10-23/h4-6,9-12,18-19,22H,7-8,13-17,20-21H2,1-3H3,(H,32,34,35). The number of likely N-dealkylation sites (N-methyl/N-ethyl adjacent to an activating group) is 1. The Hall–Kier alpha value is -4.02. The average Bonchev–Trinajstić information content (AvgIpc) is 2.99. The molecule has 10 heteroatoms. The van der Waals surface area contributed by atoms with Crippen LogP contribution in [0.1, 0.15) is 12.8 Å². The molecule has 2 aliphatic rings. The van der Waals surface area contributed by atoms with E-state index in [4.69, 9.17) is 14.7 Å². The highest BCUT2D eigenvalue weighted by Crippen LogP contribution is 2.32. The lowest BCUT2D eigenvalue weighted by molar-refractivity contribution is 0.194. The molecule has 1 atom stereocenters. The number of piperazine rings is 1. The highest BCUT2D eigenvalue weighted by atomic mass is 16.5. The van der Waals surface area contributed by atoms with Crippen molar-refractivity contribution in [2.24, 2.45) is 5.92 Å². The van der Waals surface area contributed by atoms with Crippen molar-refractivity contribution < 1.29 is 4.74 Å². The predicted octanol–water partition coefficient (Wildman–Crippen LogP) is 3.70. The van der Waals surface area contributed by atoms with Gasteiger partial charge in [-0.15, -0.1) is 0 Å². The molecule has 214 valence electrons. The Morgan fingerprint density at radius 2 is 1.78 bits per heavy atom. The number of nitrogens with one attached hydrogen (secondary N) is 1. The number of hydrogen-bond acceptors (Lipinski definition) is 9. The van der Waals surface area contributed by atoms with Crippen LogP contribution in [-0.2, 0) is 6.54 Å². The Labute approximate surface area is 240 Å². The molecule has 0 aliphatic carbocycles. The summed E-state index contributed by atoms with van der Waals surface area (Å²) in [5.41, 5.74) is 4.11. The van der Waals surface area contributed by atoms with Crippen molar-refractivity contribution in [2.75, 3.05) is 70.7 Å². The molecule has 1 N–H and O–H groups in total. The van der Waals surface area contributed by atoms with Gasteiger partial charge in [0.25, 0.3) is 5.56 Å². The van der Waals surface area contributed by atoms with E-state index in [1.807, 2.05) is 36.4 Å². The van der Waals surface area contributed by atoms with E-state index in [2.05, 4.69) is 51.2 Å². The van der Waals surface area contributed by atoms with E-state index < -0.39 is 0 Å². The van der Waals surface area contributed by atoms with E-state index >= 15 is 0 Å². The minimum atomic E-state index is -0.129. The van der Waals surface area contributed by atoms with E-state index in [-0.39, 0.29) is 5.56 Å². The third-order valence-corrected chi connectivity index (χ3v) is 8.20. The number of ether oxygens (including phenoxy) is 1. The minimum absolute atomic E-state index is 0.129. The molecule has 0 bridgehead atoms. The molecule has 10 nitrogen and oxygen atoms in total. The van der Waals surface area contributed by atoms with E-state index in [0.717, 1.165) is 69.0 Å². The van der Waals surface area contributed by atoms with Gasteiger partial charge in [0.15, 0.2) is 5.65 Å². The first-order chi connectivity index (χ1) is 20.0. The van der Waals surface area contributed by atoms with Crippen molar-refractivity contribution in [1.29, 1.82) is 0 Å². The molecule has 0 saturated carbocycles. The number of aromatic nitrogens is 4. The number of piperidine rings is 1. The third-order valence-electron chi connectivity index (χ3n) is 8.20. The SMILES string of the molecule is COc1cc(N2CCN(C)CC2)ccc1Nc1ncc2nc(-c3ccccc3)c(=O)n(CC3CCCN(C)C3)c2n1. The van der Waals surface area contributed by atoms with Crippen LogP contribution in [0.25, 0.3) is 22.4 Å². The van der Waals surface area contributed by atoms with Crippen molar-refractivity contribution in [3.63, 3.8) is 0 Å². The summed E-state index contributed by atoms with van der Waals surface area (Å²) < 4.78 is 7.55. The molecule has 2 aromatic heterocycles. The van der Waals surface area contributed by atoms with Gasteiger partial charge in [-0.05, 0) is 51.5 Å². The van der Waals surface area contributed by atoms with Gasteiger partial charge in [0.1, 0.15) is 17.0 Å². The Bertz CT molecular complexity index is 1570. The van der Waals surface area contributed by atoms with Gasteiger partial charge in [0.05, 0.1) is 19.0 Å². The van der Waals surface area contributed by atoms with E-state index in [0.29, 0.717) is 41.0 Å². The lowest BCUT2D eigenvalue weighted by Crippen LogP contribution is -2.44. The van der Waals surface area contributed by atoms with Crippen molar-refractivity contribution in [3.05, 3.63) is 65.1 Å². The van der Waals surface area contributed by atoms with Crippen molar-refractivity contribution in [3.8, 4) is 17.0 Å². The summed E-state index contributed by atoms with van der Waals surface area (Å²) >= 11 is 0. The summed E-state index contributed by atoms with van der Waals surface area (Å²) in [7, 11) is 5.96. The second-order valence-corrected chi connectivity index (χ2v) is 11.2. The van der Waals surface area contributed by atoms with Crippen LogP contribution in [0.2, 0.25) is 0 Å².